The van der Waals surface area contributed by atoms with Crippen molar-refractivity contribution in [2.75, 3.05) is 20.3 Å². The summed E-state index contributed by atoms with van der Waals surface area (Å²) >= 11 is 0. The van der Waals surface area contributed by atoms with Crippen LogP contribution in [0.2, 0.25) is 0 Å². The number of hydrogen-bond acceptors (Lipinski definition) is 2. The molecule has 0 spiro atoms. The molecule has 0 aromatic rings. The largest absolute Gasteiger partial charge is 0.380 e. The van der Waals surface area contributed by atoms with Crippen LogP contribution in [0.1, 0.15) is 27.2 Å². The maximum atomic E-state index is 5.28. The van der Waals surface area contributed by atoms with Crippen molar-refractivity contribution in [1.29, 1.82) is 0 Å². The highest BCUT2D eigenvalue weighted by molar-refractivity contribution is 5.01. The Bertz CT molecular complexity index is 133. The van der Waals surface area contributed by atoms with Gasteiger partial charge in [0.05, 0.1) is 13.2 Å². The average Bonchev–Trinajstić information content (AvgIpc) is 1.86. The van der Waals surface area contributed by atoms with Crippen molar-refractivity contribution in [3.05, 3.63) is 0 Å². The Hall–Kier alpha value is -0.0800. The molecule has 1 heterocycles. The van der Waals surface area contributed by atoms with E-state index in [-0.39, 0.29) is 5.54 Å². The lowest BCUT2D eigenvalue weighted by Crippen LogP contribution is -2.62. The van der Waals surface area contributed by atoms with E-state index in [0.717, 1.165) is 13.2 Å². The third-order valence-electron chi connectivity index (χ3n) is 3.38. The van der Waals surface area contributed by atoms with Gasteiger partial charge in [-0.3, -0.25) is 0 Å². The van der Waals surface area contributed by atoms with Crippen LogP contribution < -0.4 is 5.32 Å². The van der Waals surface area contributed by atoms with Crippen LogP contribution in [0, 0.1) is 5.41 Å². The molecule has 66 valence electrons. The van der Waals surface area contributed by atoms with Gasteiger partial charge in [-0.25, -0.2) is 0 Å². The summed E-state index contributed by atoms with van der Waals surface area (Å²) in [4.78, 5) is 0. The zero-order chi connectivity index (χ0) is 8.54. The predicted octanol–water partition coefficient (Wildman–Crippen LogP) is 1.41. The van der Waals surface area contributed by atoms with Crippen LogP contribution >= 0.6 is 0 Å². The Morgan fingerprint density at radius 3 is 2.09 bits per heavy atom. The first kappa shape index (κ1) is 9.01. The number of hydrogen-bond donors (Lipinski definition) is 1. The van der Waals surface area contributed by atoms with Gasteiger partial charge in [0.15, 0.2) is 0 Å². The number of ether oxygens (including phenoxy) is 1. The van der Waals surface area contributed by atoms with E-state index in [1.807, 2.05) is 7.05 Å². The molecule has 0 radical (unpaired) electrons. The summed E-state index contributed by atoms with van der Waals surface area (Å²) in [6.07, 6.45) is 1.20. The lowest BCUT2D eigenvalue weighted by Gasteiger charge is -2.52. The first-order chi connectivity index (χ1) is 5.08. The molecule has 0 unspecified atom stereocenters. The summed E-state index contributed by atoms with van der Waals surface area (Å²) in [6, 6.07) is 0. The molecule has 2 nitrogen and oxygen atoms in total. The highest BCUT2D eigenvalue weighted by Crippen LogP contribution is 2.41. The number of nitrogens with one attached hydrogen (secondary N) is 1. The van der Waals surface area contributed by atoms with Gasteiger partial charge >= 0.3 is 0 Å². The highest BCUT2D eigenvalue weighted by atomic mass is 16.5. The Morgan fingerprint density at radius 1 is 1.45 bits per heavy atom. The summed E-state index contributed by atoms with van der Waals surface area (Å²) in [7, 11) is 2.02. The molecule has 1 saturated heterocycles. The summed E-state index contributed by atoms with van der Waals surface area (Å²) in [5.41, 5.74) is 0.585. The van der Waals surface area contributed by atoms with Gasteiger partial charge in [0, 0.05) is 11.0 Å². The normalized spacial score (nSPS) is 22.9. The molecule has 0 atom stereocenters. The number of rotatable bonds is 3. The Kier molecular flexibility index (Phi) is 2.26. The zero-order valence-corrected chi connectivity index (χ0v) is 8.03. The van der Waals surface area contributed by atoms with E-state index >= 15 is 0 Å². The molecule has 1 N–H and O–H groups in total. The van der Waals surface area contributed by atoms with Gasteiger partial charge in [-0.1, -0.05) is 6.92 Å². The Morgan fingerprint density at radius 2 is 2.00 bits per heavy atom. The molecule has 1 aliphatic heterocycles. The Labute approximate surface area is 69.3 Å². The van der Waals surface area contributed by atoms with E-state index in [2.05, 4.69) is 26.1 Å². The van der Waals surface area contributed by atoms with Crippen molar-refractivity contribution < 1.29 is 4.74 Å². The van der Waals surface area contributed by atoms with Gasteiger partial charge in [0.25, 0.3) is 0 Å². The fraction of sp³-hybridized carbons (Fsp3) is 1.00. The first-order valence-electron chi connectivity index (χ1n) is 4.35. The second-order valence-electron chi connectivity index (χ2n) is 4.00. The molecule has 0 aromatic carbocycles. The van der Waals surface area contributed by atoms with Crippen molar-refractivity contribution in [3.8, 4) is 0 Å². The lowest BCUT2D eigenvalue weighted by atomic mass is 9.68. The maximum absolute atomic E-state index is 5.28. The van der Waals surface area contributed by atoms with Crippen molar-refractivity contribution in [2.24, 2.45) is 5.41 Å². The molecule has 0 saturated carbocycles. The summed E-state index contributed by atoms with van der Waals surface area (Å²) in [5.74, 6) is 0. The van der Waals surface area contributed by atoms with Gasteiger partial charge in [-0.2, -0.15) is 0 Å². The summed E-state index contributed by atoms with van der Waals surface area (Å²) < 4.78 is 5.28. The van der Waals surface area contributed by atoms with Crippen molar-refractivity contribution in [1.82, 2.24) is 5.32 Å². The molecule has 1 rings (SSSR count). The van der Waals surface area contributed by atoms with Crippen LogP contribution in [0.15, 0.2) is 0 Å². The van der Waals surface area contributed by atoms with Crippen molar-refractivity contribution in [3.63, 3.8) is 0 Å². The zero-order valence-electron chi connectivity index (χ0n) is 8.03. The van der Waals surface area contributed by atoms with Crippen LogP contribution in [0.5, 0.6) is 0 Å². The van der Waals surface area contributed by atoms with E-state index in [0.29, 0.717) is 5.41 Å². The minimum Gasteiger partial charge on any atom is -0.380 e. The summed E-state index contributed by atoms with van der Waals surface area (Å²) in [6.45, 7) is 8.56. The topological polar surface area (TPSA) is 21.3 Å². The minimum atomic E-state index is 0.208. The van der Waals surface area contributed by atoms with Gasteiger partial charge in [0.2, 0.25) is 0 Å². The smallest absolute Gasteiger partial charge is 0.0562 e. The molecule has 1 aliphatic rings. The van der Waals surface area contributed by atoms with E-state index in [9.17, 15) is 0 Å². The molecular weight excluding hydrogens is 138 g/mol. The second kappa shape index (κ2) is 2.76. The standard InChI is InChI=1S/C9H19NO/c1-5-9(6-11-7-9)8(2,3)10-4/h10H,5-7H2,1-4H3. The van der Waals surface area contributed by atoms with Crippen LogP contribution in [0.25, 0.3) is 0 Å². The maximum Gasteiger partial charge on any atom is 0.0562 e. The lowest BCUT2D eigenvalue weighted by molar-refractivity contribution is -0.156. The van der Waals surface area contributed by atoms with Gasteiger partial charge < -0.3 is 10.1 Å². The highest BCUT2D eigenvalue weighted by Gasteiger charge is 2.48. The fourth-order valence-electron chi connectivity index (χ4n) is 1.62. The molecule has 1 fully saturated rings. The minimum absolute atomic E-state index is 0.208. The van der Waals surface area contributed by atoms with E-state index in [1.165, 1.54) is 6.42 Å². The fourth-order valence-corrected chi connectivity index (χ4v) is 1.62. The third-order valence-corrected chi connectivity index (χ3v) is 3.38. The van der Waals surface area contributed by atoms with E-state index in [4.69, 9.17) is 4.74 Å². The molecule has 0 bridgehead atoms. The molecule has 0 aromatic heterocycles. The van der Waals surface area contributed by atoms with E-state index < -0.39 is 0 Å². The molecule has 0 amide bonds. The van der Waals surface area contributed by atoms with Crippen LogP contribution in [0.4, 0.5) is 0 Å². The van der Waals surface area contributed by atoms with Gasteiger partial charge in [-0.05, 0) is 27.3 Å². The van der Waals surface area contributed by atoms with Crippen LogP contribution in [0.3, 0.4) is 0 Å². The van der Waals surface area contributed by atoms with Crippen molar-refractivity contribution >= 4 is 0 Å². The molecule has 2 heteroatoms. The van der Waals surface area contributed by atoms with Crippen LogP contribution in [-0.4, -0.2) is 25.8 Å². The summed E-state index contributed by atoms with van der Waals surface area (Å²) in [5, 5.41) is 3.36. The van der Waals surface area contributed by atoms with Gasteiger partial charge in [-0.15, -0.1) is 0 Å². The van der Waals surface area contributed by atoms with E-state index in [1.54, 1.807) is 0 Å². The van der Waals surface area contributed by atoms with Crippen LogP contribution in [-0.2, 0) is 4.74 Å². The molecule has 11 heavy (non-hydrogen) atoms. The molecule has 0 aliphatic carbocycles. The average molecular weight is 157 g/mol. The SMILES string of the molecule is CCC1(C(C)(C)NC)COC1. The Balaban J connectivity index is 2.68. The van der Waals surface area contributed by atoms with Gasteiger partial charge in [0.1, 0.15) is 0 Å². The first-order valence-corrected chi connectivity index (χ1v) is 4.35. The van der Waals surface area contributed by atoms with Crippen molar-refractivity contribution in [2.45, 2.75) is 32.7 Å². The second-order valence-corrected chi connectivity index (χ2v) is 4.00. The quantitative estimate of drug-likeness (QED) is 0.669. The predicted molar refractivity (Wildman–Crippen MR) is 46.7 cm³/mol. The third kappa shape index (κ3) is 1.18. The molecular formula is C9H19NO. The monoisotopic (exact) mass is 157 g/mol.